The van der Waals surface area contributed by atoms with Gasteiger partial charge < -0.3 is 15.7 Å². The molecule has 0 atom stereocenters. The first-order valence-corrected chi connectivity index (χ1v) is 5.63. The van der Waals surface area contributed by atoms with E-state index in [1.54, 1.807) is 18.2 Å². The van der Waals surface area contributed by atoms with Gasteiger partial charge in [0.05, 0.1) is 11.2 Å². The second-order valence-corrected chi connectivity index (χ2v) is 4.51. The molecule has 1 heterocycles. The number of hydrogen-bond donors (Lipinski definition) is 2. The number of phenols is 1. The van der Waals surface area contributed by atoms with Gasteiger partial charge in [-0.25, -0.2) is 8.78 Å². The van der Waals surface area contributed by atoms with Gasteiger partial charge in [-0.1, -0.05) is 12.1 Å². The van der Waals surface area contributed by atoms with Crippen molar-refractivity contribution in [2.24, 2.45) is 5.73 Å². The van der Waals surface area contributed by atoms with Crippen LogP contribution >= 0.6 is 0 Å². The van der Waals surface area contributed by atoms with Crippen LogP contribution in [0.25, 0.3) is 0 Å². The highest BCUT2D eigenvalue weighted by Crippen LogP contribution is 2.32. The van der Waals surface area contributed by atoms with E-state index in [9.17, 15) is 13.9 Å². The predicted molar refractivity (Wildman–Crippen MR) is 62.5 cm³/mol. The van der Waals surface area contributed by atoms with Crippen LogP contribution in [0.4, 0.5) is 14.5 Å². The van der Waals surface area contributed by atoms with Crippen LogP contribution in [0.2, 0.25) is 0 Å². The molecule has 3 N–H and O–H groups in total. The normalized spacial score (nSPS) is 19.6. The number of nitrogens with two attached hydrogens (primary N) is 1. The van der Waals surface area contributed by atoms with Gasteiger partial charge in [0.2, 0.25) is 0 Å². The molecule has 0 unspecified atom stereocenters. The van der Waals surface area contributed by atoms with Crippen LogP contribution in [-0.2, 0) is 0 Å². The first-order chi connectivity index (χ1) is 8.03. The molecule has 0 spiro atoms. The van der Waals surface area contributed by atoms with E-state index in [1.807, 2.05) is 11.0 Å². The summed E-state index contributed by atoms with van der Waals surface area (Å²) in [4.78, 5) is 1.89. The van der Waals surface area contributed by atoms with E-state index in [0.29, 0.717) is 18.8 Å². The molecule has 0 bridgehead atoms. The van der Waals surface area contributed by atoms with E-state index >= 15 is 0 Å². The fourth-order valence-corrected chi connectivity index (χ4v) is 2.11. The lowest BCUT2D eigenvalue weighted by molar-refractivity contribution is 0.0391. The number of para-hydroxylation sites is 2. The van der Waals surface area contributed by atoms with Crippen LogP contribution in [-0.4, -0.2) is 30.2 Å². The van der Waals surface area contributed by atoms with Crippen LogP contribution in [0.5, 0.6) is 5.75 Å². The molecule has 0 aromatic heterocycles. The van der Waals surface area contributed by atoms with Gasteiger partial charge in [0.15, 0.2) is 0 Å². The number of nitrogens with zero attached hydrogens (tertiary/aromatic N) is 1. The van der Waals surface area contributed by atoms with E-state index < -0.39 is 12.0 Å². The number of hydrogen-bond acceptors (Lipinski definition) is 3. The zero-order valence-electron chi connectivity index (χ0n) is 9.44. The van der Waals surface area contributed by atoms with Crippen LogP contribution in [0.1, 0.15) is 12.8 Å². The van der Waals surface area contributed by atoms with Crippen molar-refractivity contribution < 1.29 is 13.9 Å². The Labute approximate surface area is 98.8 Å². The summed E-state index contributed by atoms with van der Waals surface area (Å²) in [5.74, 6) is 0.175. The number of phenolic OH excluding ortho intramolecular Hbond substituents is 1. The Hall–Kier alpha value is -1.36. The molecule has 1 aromatic carbocycles. The van der Waals surface area contributed by atoms with Crippen LogP contribution < -0.4 is 10.6 Å². The smallest absolute Gasteiger partial charge is 0.256 e. The Balaban J connectivity index is 2.07. The molecule has 0 amide bonds. The first kappa shape index (κ1) is 12.1. The topological polar surface area (TPSA) is 49.5 Å². The summed E-state index contributed by atoms with van der Waals surface area (Å²) in [7, 11) is 0. The zero-order valence-corrected chi connectivity index (χ0v) is 9.44. The van der Waals surface area contributed by atoms with E-state index in [-0.39, 0.29) is 18.6 Å². The second kappa shape index (κ2) is 4.49. The summed E-state index contributed by atoms with van der Waals surface area (Å²) in [6, 6.07) is 6.91. The molecule has 1 aliphatic heterocycles. The van der Waals surface area contributed by atoms with Crippen molar-refractivity contribution in [1.29, 1.82) is 0 Å². The lowest BCUT2D eigenvalue weighted by Gasteiger charge is -2.39. The van der Waals surface area contributed by atoms with E-state index in [1.165, 1.54) is 0 Å². The number of halogens is 2. The molecule has 1 aromatic rings. The summed E-state index contributed by atoms with van der Waals surface area (Å²) in [6.07, 6.45) is -2.02. The minimum Gasteiger partial charge on any atom is -0.506 e. The minimum absolute atomic E-state index is 0.175. The third-order valence-electron chi connectivity index (χ3n) is 3.35. The lowest BCUT2D eigenvalue weighted by atomic mass is 9.89. The van der Waals surface area contributed by atoms with Crippen LogP contribution in [0, 0.1) is 0 Å². The van der Waals surface area contributed by atoms with Gasteiger partial charge in [-0.2, -0.15) is 0 Å². The van der Waals surface area contributed by atoms with Crippen molar-refractivity contribution in [1.82, 2.24) is 0 Å². The average Bonchev–Trinajstić information content (AvgIpc) is 2.31. The van der Waals surface area contributed by atoms with E-state index in [4.69, 9.17) is 5.73 Å². The minimum atomic E-state index is -2.49. The molecule has 94 valence electrons. The van der Waals surface area contributed by atoms with Gasteiger partial charge in [-0.3, -0.25) is 0 Å². The summed E-state index contributed by atoms with van der Waals surface area (Å²) < 4.78 is 25.4. The largest absolute Gasteiger partial charge is 0.506 e. The molecule has 0 aliphatic carbocycles. The maximum atomic E-state index is 12.7. The molecule has 1 aliphatic rings. The molecule has 1 fully saturated rings. The van der Waals surface area contributed by atoms with Crippen molar-refractivity contribution in [3.63, 3.8) is 0 Å². The van der Waals surface area contributed by atoms with Gasteiger partial charge in [0.25, 0.3) is 6.43 Å². The van der Waals surface area contributed by atoms with Gasteiger partial charge in [-0.05, 0) is 25.0 Å². The molecule has 17 heavy (non-hydrogen) atoms. The first-order valence-electron chi connectivity index (χ1n) is 5.63. The van der Waals surface area contributed by atoms with Crippen LogP contribution in [0.3, 0.4) is 0 Å². The lowest BCUT2D eigenvalue weighted by Crippen LogP contribution is -2.55. The third-order valence-corrected chi connectivity index (χ3v) is 3.35. The predicted octanol–water partition coefficient (Wildman–Crippen LogP) is 1.96. The SMILES string of the molecule is NC1(C(F)F)CCN(c2ccccc2O)CC1. The number of rotatable bonds is 2. The number of anilines is 1. The molecular weight excluding hydrogens is 226 g/mol. The van der Waals surface area contributed by atoms with Gasteiger partial charge in [-0.15, -0.1) is 0 Å². The van der Waals surface area contributed by atoms with Gasteiger partial charge >= 0.3 is 0 Å². The van der Waals surface area contributed by atoms with Crippen molar-refractivity contribution in [3.8, 4) is 5.75 Å². The van der Waals surface area contributed by atoms with Crippen molar-refractivity contribution in [2.45, 2.75) is 24.8 Å². The third kappa shape index (κ3) is 2.34. The number of piperidine rings is 1. The van der Waals surface area contributed by atoms with Crippen molar-refractivity contribution in [3.05, 3.63) is 24.3 Å². The number of aromatic hydroxyl groups is 1. The number of alkyl halides is 2. The van der Waals surface area contributed by atoms with Crippen molar-refractivity contribution in [2.75, 3.05) is 18.0 Å². The maximum absolute atomic E-state index is 12.7. The number of benzene rings is 1. The van der Waals surface area contributed by atoms with Gasteiger partial charge in [0.1, 0.15) is 5.75 Å². The molecular formula is C12H16F2N2O. The highest BCUT2D eigenvalue weighted by Gasteiger charge is 2.39. The van der Waals surface area contributed by atoms with E-state index in [2.05, 4.69) is 0 Å². The fourth-order valence-electron chi connectivity index (χ4n) is 2.11. The Morgan fingerprint density at radius 2 is 1.82 bits per heavy atom. The average molecular weight is 242 g/mol. The quantitative estimate of drug-likeness (QED) is 0.833. The summed E-state index contributed by atoms with van der Waals surface area (Å²) in [6.45, 7) is 0.886. The molecule has 0 saturated carbocycles. The van der Waals surface area contributed by atoms with E-state index in [0.717, 1.165) is 0 Å². The molecule has 5 heteroatoms. The van der Waals surface area contributed by atoms with Crippen LogP contribution in [0.15, 0.2) is 24.3 Å². The molecule has 2 rings (SSSR count). The van der Waals surface area contributed by atoms with Crippen molar-refractivity contribution >= 4 is 5.69 Å². The molecule has 3 nitrogen and oxygen atoms in total. The molecule has 1 saturated heterocycles. The monoisotopic (exact) mass is 242 g/mol. The summed E-state index contributed by atoms with van der Waals surface area (Å²) in [5, 5.41) is 9.68. The maximum Gasteiger partial charge on any atom is 0.256 e. The standard InChI is InChI=1S/C12H16F2N2O/c13-11(14)12(15)5-7-16(8-6-12)9-3-1-2-4-10(9)17/h1-4,11,17H,5-8,15H2. The molecule has 0 radical (unpaired) electrons. The summed E-state index contributed by atoms with van der Waals surface area (Å²) in [5.41, 5.74) is 4.95. The second-order valence-electron chi connectivity index (χ2n) is 4.51. The zero-order chi connectivity index (χ0) is 12.5. The fraction of sp³-hybridized carbons (Fsp3) is 0.500. The highest BCUT2D eigenvalue weighted by atomic mass is 19.3. The Morgan fingerprint density at radius 3 is 2.35 bits per heavy atom. The Bertz CT molecular complexity index is 390. The van der Waals surface area contributed by atoms with Gasteiger partial charge in [0, 0.05) is 13.1 Å². The Kier molecular flexibility index (Phi) is 3.19. The Morgan fingerprint density at radius 1 is 1.24 bits per heavy atom. The summed E-state index contributed by atoms with van der Waals surface area (Å²) >= 11 is 0. The highest BCUT2D eigenvalue weighted by molar-refractivity contribution is 5.57.